The minimum absolute atomic E-state index is 0.0383. The van der Waals surface area contributed by atoms with E-state index in [1.165, 1.54) is 11.8 Å². The lowest BCUT2D eigenvalue weighted by atomic mass is 10.2. The Bertz CT molecular complexity index is 532. The van der Waals surface area contributed by atoms with Crippen LogP contribution in [0.4, 0.5) is 0 Å². The second kappa shape index (κ2) is 7.36. The van der Waals surface area contributed by atoms with E-state index in [1.807, 2.05) is 42.5 Å². The first-order valence-corrected chi connectivity index (χ1v) is 7.97. The minimum Gasteiger partial charge on any atom is -0.279 e. The van der Waals surface area contributed by atoms with Crippen LogP contribution in [0.1, 0.15) is 18.9 Å². The Morgan fingerprint density at radius 3 is 2.84 bits per heavy atom. The fourth-order valence-corrected chi connectivity index (χ4v) is 3.24. The molecule has 1 aliphatic rings. The van der Waals surface area contributed by atoms with Crippen molar-refractivity contribution in [2.24, 2.45) is 4.99 Å². The van der Waals surface area contributed by atoms with Gasteiger partial charge < -0.3 is 0 Å². The normalized spacial score (nSPS) is 17.4. The quantitative estimate of drug-likeness (QED) is 0.771. The van der Waals surface area contributed by atoms with Crippen LogP contribution in [0.3, 0.4) is 0 Å². The summed E-state index contributed by atoms with van der Waals surface area (Å²) in [5, 5.41) is 0.0383. The van der Waals surface area contributed by atoms with E-state index in [0.29, 0.717) is 5.70 Å². The number of hydrogen-bond donors (Lipinski definition) is 0. The molecular formula is C15H15NOS2. The molecule has 2 nitrogen and oxygen atoms in total. The monoisotopic (exact) mass is 289 g/mol. The Morgan fingerprint density at radius 2 is 2.11 bits per heavy atom. The van der Waals surface area contributed by atoms with Gasteiger partial charge in [0.2, 0.25) is 5.12 Å². The minimum atomic E-state index is 0.0383. The maximum Gasteiger partial charge on any atom is 0.244 e. The lowest BCUT2D eigenvalue weighted by molar-refractivity contribution is -0.107. The van der Waals surface area contributed by atoms with Crippen molar-refractivity contribution in [2.45, 2.75) is 13.3 Å². The number of rotatable bonds is 4. The Balaban J connectivity index is 2.01. The van der Waals surface area contributed by atoms with E-state index in [-0.39, 0.29) is 5.12 Å². The average molecular weight is 289 g/mol. The summed E-state index contributed by atoms with van der Waals surface area (Å²) in [4.78, 5) is 16.1. The van der Waals surface area contributed by atoms with Crippen molar-refractivity contribution in [3.8, 4) is 0 Å². The molecule has 1 aromatic rings. The molecule has 19 heavy (non-hydrogen) atoms. The summed E-state index contributed by atoms with van der Waals surface area (Å²) in [5.74, 6) is 1.01. The van der Waals surface area contributed by atoms with Gasteiger partial charge in [0.25, 0.3) is 0 Å². The van der Waals surface area contributed by atoms with Crippen LogP contribution in [0.2, 0.25) is 0 Å². The number of aliphatic imine (C=N–C) groups is 1. The van der Waals surface area contributed by atoms with Gasteiger partial charge in [-0.3, -0.25) is 4.79 Å². The van der Waals surface area contributed by atoms with Gasteiger partial charge in [0, 0.05) is 0 Å². The number of benzene rings is 1. The third-order valence-corrected chi connectivity index (χ3v) is 4.59. The van der Waals surface area contributed by atoms with Gasteiger partial charge in [-0.2, -0.15) is 0 Å². The molecule has 0 spiro atoms. The summed E-state index contributed by atoms with van der Waals surface area (Å²) in [5.41, 5.74) is 1.65. The SMILES string of the molecule is CCCSC1=N/C(=C\C=C\c2ccccc2)C(=O)S1. The van der Waals surface area contributed by atoms with Crippen molar-refractivity contribution in [3.05, 3.63) is 53.7 Å². The average Bonchev–Trinajstić information content (AvgIpc) is 2.78. The lowest BCUT2D eigenvalue weighted by Gasteiger charge is -1.92. The van der Waals surface area contributed by atoms with Gasteiger partial charge in [-0.1, -0.05) is 61.2 Å². The van der Waals surface area contributed by atoms with E-state index in [1.54, 1.807) is 17.8 Å². The molecule has 0 amide bonds. The molecular weight excluding hydrogens is 274 g/mol. The molecule has 0 aromatic heterocycles. The molecule has 0 atom stereocenters. The predicted molar refractivity (Wildman–Crippen MR) is 86.3 cm³/mol. The van der Waals surface area contributed by atoms with E-state index in [2.05, 4.69) is 11.9 Å². The highest BCUT2D eigenvalue weighted by atomic mass is 32.2. The third kappa shape index (κ3) is 4.40. The molecule has 0 saturated heterocycles. The van der Waals surface area contributed by atoms with Gasteiger partial charge in [0.05, 0.1) is 0 Å². The first-order chi connectivity index (χ1) is 9.29. The Hall–Kier alpha value is -1.26. The lowest BCUT2D eigenvalue weighted by Crippen LogP contribution is -1.87. The molecule has 0 saturated carbocycles. The molecule has 0 N–H and O–H groups in total. The van der Waals surface area contributed by atoms with Crippen molar-refractivity contribution in [1.29, 1.82) is 0 Å². The molecule has 0 aliphatic carbocycles. The van der Waals surface area contributed by atoms with Crippen LogP contribution in [0.25, 0.3) is 6.08 Å². The Morgan fingerprint density at radius 1 is 1.32 bits per heavy atom. The summed E-state index contributed by atoms with van der Waals surface area (Å²) in [6.07, 6.45) is 6.71. The first-order valence-electron chi connectivity index (χ1n) is 6.16. The van der Waals surface area contributed by atoms with Crippen LogP contribution in [0.15, 0.2) is 53.2 Å². The largest absolute Gasteiger partial charge is 0.279 e. The van der Waals surface area contributed by atoms with Gasteiger partial charge in [-0.25, -0.2) is 4.99 Å². The van der Waals surface area contributed by atoms with Crippen LogP contribution in [-0.4, -0.2) is 15.2 Å². The van der Waals surface area contributed by atoms with Crippen LogP contribution in [0, 0.1) is 0 Å². The van der Waals surface area contributed by atoms with Crippen molar-refractivity contribution < 1.29 is 4.79 Å². The van der Waals surface area contributed by atoms with Gasteiger partial charge in [-0.15, -0.1) is 0 Å². The fourth-order valence-electron chi connectivity index (χ4n) is 1.47. The number of nitrogens with zero attached hydrogens (tertiary/aromatic N) is 1. The van der Waals surface area contributed by atoms with E-state index < -0.39 is 0 Å². The predicted octanol–water partition coefficient (Wildman–Crippen LogP) is 4.36. The molecule has 1 aliphatic heterocycles. The zero-order valence-corrected chi connectivity index (χ0v) is 12.3. The molecule has 4 heteroatoms. The number of carbonyl (C=O) groups is 1. The summed E-state index contributed by atoms with van der Waals surface area (Å²) in [7, 11) is 0. The van der Waals surface area contributed by atoms with Crippen molar-refractivity contribution in [2.75, 3.05) is 5.75 Å². The number of thioether (sulfide) groups is 2. The van der Waals surface area contributed by atoms with E-state index in [4.69, 9.17) is 0 Å². The maximum atomic E-state index is 11.7. The fraction of sp³-hybridized carbons (Fsp3) is 0.200. The van der Waals surface area contributed by atoms with Gasteiger partial charge in [0.1, 0.15) is 10.1 Å². The zero-order valence-electron chi connectivity index (χ0n) is 10.7. The first kappa shape index (κ1) is 14.2. The molecule has 0 fully saturated rings. The molecule has 0 bridgehead atoms. The van der Waals surface area contributed by atoms with Crippen molar-refractivity contribution >= 4 is 39.1 Å². The number of allylic oxidation sites excluding steroid dienone is 2. The van der Waals surface area contributed by atoms with E-state index in [0.717, 1.165) is 22.1 Å². The molecule has 0 unspecified atom stereocenters. The summed E-state index contributed by atoms with van der Waals surface area (Å²) >= 11 is 2.88. The summed E-state index contributed by atoms with van der Waals surface area (Å²) < 4.78 is 0.867. The van der Waals surface area contributed by atoms with Crippen LogP contribution in [-0.2, 0) is 4.79 Å². The van der Waals surface area contributed by atoms with Gasteiger partial charge in [-0.05, 0) is 35.6 Å². The molecule has 0 radical (unpaired) electrons. The van der Waals surface area contributed by atoms with Crippen molar-refractivity contribution in [1.82, 2.24) is 0 Å². The Labute approximate surface area is 122 Å². The smallest absolute Gasteiger partial charge is 0.244 e. The van der Waals surface area contributed by atoms with Crippen molar-refractivity contribution in [3.63, 3.8) is 0 Å². The molecule has 1 heterocycles. The topological polar surface area (TPSA) is 29.4 Å². The van der Waals surface area contributed by atoms with E-state index >= 15 is 0 Å². The number of carbonyl (C=O) groups excluding carboxylic acids is 1. The summed E-state index contributed by atoms with van der Waals surface area (Å²) in [6, 6.07) is 9.99. The molecule has 2 rings (SSSR count). The highest BCUT2D eigenvalue weighted by Gasteiger charge is 2.21. The highest BCUT2D eigenvalue weighted by Crippen LogP contribution is 2.30. The Kier molecular flexibility index (Phi) is 5.48. The number of hydrogen-bond acceptors (Lipinski definition) is 4. The van der Waals surface area contributed by atoms with Crippen LogP contribution >= 0.6 is 23.5 Å². The van der Waals surface area contributed by atoms with Crippen LogP contribution in [0.5, 0.6) is 0 Å². The second-order valence-electron chi connectivity index (χ2n) is 3.94. The van der Waals surface area contributed by atoms with Crippen LogP contribution < -0.4 is 0 Å². The second-order valence-corrected chi connectivity index (χ2v) is 6.24. The maximum absolute atomic E-state index is 11.7. The standard InChI is InChI=1S/C15H15NOS2/c1-2-11-18-15-16-13(14(17)19-15)10-6-9-12-7-4-3-5-8-12/h3-10H,2,11H2,1H3/b9-6+,13-10-. The molecule has 98 valence electrons. The van der Waals surface area contributed by atoms with E-state index in [9.17, 15) is 4.79 Å². The zero-order chi connectivity index (χ0) is 13.5. The van der Waals surface area contributed by atoms with Gasteiger partial charge >= 0.3 is 0 Å². The molecule has 1 aromatic carbocycles. The third-order valence-electron chi connectivity index (χ3n) is 2.37. The summed E-state index contributed by atoms with van der Waals surface area (Å²) in [6.45, 7) is 2.12. The van der Waals surface area contributed by atoms with Gasteiger partial charge in [0.15, 0.2) is 0 Å². The highest BCUT2D eigenvalue weighted by molar-refractivity contribution is 8.45.